The molecule has 1 unspecified atom stereocenters. The number of rotatable bonds is 0. The molecule has 0 fully saturated rings. The Labute approximate surface area is 70.1 Å². The molecule has 4 heteroatoms. The molecule has 1 aromatic carbocycles. The lowest BCUT2D eigenvalue weighted by Gasteiger charge is -2.16. The van der Waals surface area contributed by atoms with Gasteiger partial charge in [0, 0.05) is 5.56 Å². The van der Waals surface area contributed by atoms with Crippen LogP contribution in [0.2, 0.25) is 0 Å². The highest BCUT2D eigenvalue weighted by Gasteiger charge is 2.36. The van der Waals surface area contributed by atoms with Crippen LogP contribution >= 0.6 is 0 Å². The molecule has 0 amide bonds. The first-order valence-corrected chi connectivity index (χ1v) is 3.68. The number of nitrogens with two attached hydrogens (primary N) is 1. The third-order valence-corrected chi connectivity index (χ3v) is 1.92. The summed E-state index contributed by atoms with van der Waals surface area (Å²) < 4.78 is 0. The summed E-state index contributed by atoms with van der Waals surface area (Å²) in [5.74, 6) is 0. The maximum Gasteiger partial charge on any atom is 0.172 e. The number of hydrogen-bond donors (Lipinski definition) is 2. The second kappa shape index (κ2) is 2.20. The molecule has 0 saturated heterocycles. The van der Waals surface area contributed by atoms with Crippen molar-refractivity contribution in [3.63, 3.8) is 0 Å². The molecule has 64 valence electrons. The minimum absolute atomic E-state index is 0.600. The average molecular weight is 166 g/mol. The SMILES string of the molecule is CC1(N)ON(O)c2ccccc21. The van der Waals surface area contributed by atoms with Crippen LogP contribution in [0.1, 0.15) is 12.5 Å². The fraction of sp³-hybridized carbons (Fsp3) is 0.250. The molecule has 0 spiro atoms. The fourth-order valence-electron chi connectivity index (χ4n) is 1.34. The molecule has 1 aliphatic heterocycles. The first kappa shape index (κ1) is 7.54. The minimum atomic E-state index is -0.925. The lowest BCUT2D eigenvalue weighted by atomic mass is 10.1. The van der Waals surface area contributed by atoms with Crippen molar-refractivity contribution in [2.75, 3.05) is 5.23 Å². The molecule has 0 saturated carbocycles. The van der Waals surface area contributed by atoms with Gasteiger partial charge in [-0.05, 0) is 13.0 Å². The molecule has 0 aromatic heterocycles. The fourth-order valence-corrected chi connectivity index (χ4v) is 1.34. The van der Waals surface area contributed by atoms with Crippen LogP contribution < -0.4 is 11.0 Å². The molecule has 1 aromatic rings. The van der Waals surface area contributed by atoms with Crippen molar-refractivity contribution in [3.8, 4) is 0 Å². The monoisotopic (exact) mass is 166 g/mol. The zero-order valence-electron chi connectivity index (χ0n) is 6.69. The van der Waals surface area contributed by atoms with Crippen molar-refractivity contribution >= 4 is 5.69 Å². The largest absolute Gasteiger partial charge is 0.298 e. The Bertz CT molecular complexity index is 312. The molecular weight excluding hydrogens is 156 g/mol. The molecule has 3 N–H and O–H groups in total. The topological polar surface area (TPSA) is 58.7 Å². The van der Waals surface area contributed by atoms with Crippen molar-refractivity contribution in [1.82, 2.24) is 0 Å². The predicted molar refractivity (Wildman–Crippen MR) is 43.3 cm³/mol. The van der Waals surface area contributed by atoms with Crippen molar-refractivity contribution in [3.05, 3.63) is 29.8 Å². The number of para-hydroxylation sites is 1. The lowest BCUT2D eigenvalue weighted by molar-refractivity contribution is -0.117. The molecule has 1 atom stereocenters. The Morgan fingerprint density at radius 2 is 2.17 bits per heavy atom. The van der Waals surface area contributed by atoms with Gasteiger partial charge >= 0.3 is 0 Å². The van der Waals surface area contributed by atoms with Crippen LogP contribution in [0.5, 0.6) is 0 Å². The van der Waals surface area contributed by atoms with Crippen molar-refractivity contribution in [1.29, 1.82) is 0 Å². The van der Waals surface area contributed by atoms with Crippen molar-refractivity contribution in [2.24, 2.45) is 5.73 Å². The van der Waals surface area contributed by atoms with Crippen molar-refractivity contribution < 1.29 is 10.0 Å². The second-order valence-corrected chi connectivity index (χ2v) is 2.99. The van der Waals surface area contributed by atoms with Crippen LogP contribution in [0.3, 0.4) is 0 Å². The molecule has 0 radical (unpaired) electrons. The zero-order valence-corrected chi connectivity index (χ0v) is 6.69. The van der Waals surface area contributed by atoms with E-state index in [1.807, 2.05) is 18.2 Å². The highest BCUT2D eigenvalue weighted by molar-refractivity contribution is 5.55. The number of nitrogens with zero attached hydrogens (tertiary/aromatic N) is 1. The Kier molecular flexibility index (Phi) is 1.38. The summed E-state index contributed by atoms with van der Waals surface area (Å²) in [4.78, 5) is 4.99. The van der Waals surface area contributed by atoms with E-state index in [1.54, 1.807) is 13.0 Å². The maximum atomic E-state index is 9.25. The Hall–Kier alpha value is -1.10. The van der Waals surface area contributed by atoms with Gasteiger partial charge in [-0.25, -0.2) is 4.84 Å². The van der Waals surface area contributed by atoms with Crippen LogP contribution in [0, 0.1) is 0 Å². The summed E-state index contributed by atoms with van der Waals surface area (Å²) in [6, 6.07) is 7.23. The van der Waals surface area contributed by atoms with E-state index in [1.165, 1.54) is 0 Å². The number of fused-ring (bicyclic) bond motifs is 1. The van der Waals surface area contributed by atoms with E-state index in [0.717, 1.165) is 5.56 Å². The van der Waals surface area contributed by atoms with E-state index in [-0.39, 0.29) is 0 Å². The molecular formula is C8H10N2O2. The quantitative estimate of drug-likeness (QED) is 0.602. The highest BCUT2D eigenvalue weighted by atomic mass is 16.9. The standard InChI is InChI=1S/C8H10N2O2/c1-8(9)6-4-2-3-5-7(6)10(11)12-8/h2-5,11H,9H2,1H3. The summed E-state index contributed by atoms with van der Waals surface area (Å²) in [6.45, 7) is 1.70. The Morgan fingerprint density at radius 1 is 1.50 bits per heavy atom. The number of hydrogen-bond acceptors (Lipinski definition) is 4. The first-order chi connectivity index (χ1) is 5.61. The Balaban J connectivity index is 2.58. The minimum Gasteiger partial charge on any atom is -0.298 e. The van der Waals surface area contributed by atoms with Gasteiger partial charge in [0.05, 0.1) is 0 Å². The zero-order chi connectivity index (χ0) is 8.77. The van der Waals surface area contributed by atoms with Gasteiger partial charge in [0.1, 0.15) is 5.69 Å². The van der Waals surface area contributed by atoms with Crippen LogP contribution in [0.25, 0.3) is 0 Å². The van der Waals surface area contributed by atoms with E-state index >= 15 is 0 Å². The second-order valence-electron chi connectivity index (χ2n) is 2.99. The summed E-state index contributed by atoms with van der Waals surface area (Å²) in [5.41, 5.74) is 6.21. The maximum absolute atomic E-state index is 9.25. The molecule has 0 bridgehead atoms. The summed E-state index contributed by atoms with van der Waals surface area (Å²) >= 11 is 0. The van der Waals surface area contributed by atoms with E-state index in [0.29, 0.717) is 10.9 Å². The van der Waals surface area contributed by atoms with Gasteiger partial charge in [-0.1, -0.05) is 18.2 Å². The van der Waals surface area contributed by atoms with Gasteiger partial charge in [-0.15, -0.1) is 5.23 Å². The summed E-state index contributed by atoms with van der Waals surface area (Å²) in [5, 5.41) is 9.95. The van der Waals surface area contributed by atoms with Gasteiger partial charge in [0.2, 0.25) is 0 Å². The van der Waals surface area contributed by atoms with Crippen molar-refractivity contribution in [2.45, 2.75) is 12.6 Å². The molecule has 1 heterocycles. The van der Waals surface area contributed by atoms with E-state index in [2.05, 4.69) is 0 Å². The lowest BCUT2D eigenvalue weighted by Crippen LogP contribution is -2.35. The van der Waals surface area contributed by atoms with Gasteiger partial charge in [-0.2, -0.15) is 0 Å². The molecule has 12 heavy (non-hydrogen) atoms. The van der Waals surface area contributed by atoms with E-state index in [9.17, 15) is 5.21 Å². The highest BCUT2D eigenvalue weighted by Crippen LogP contribution is 2.36. The van der Waals surface area contributed by atoms with E-state index in [4.69, 9.17) is 10.6 Å². The molecule has 4 nitrogen and oxygen atoms in total. The van der Waals surface area contributed by atoms with Crippen LogP contribution in [0.4, 0.5) is 5.69 Å². The van der Waals surface area contributed by atoms with Gasteiger partial charge < -0.3 is 0 Å². The van der Waals surface area contributed by atoms with Crippen LogP contribution in [0.15, 0.2) is 24.3 Å². The average Bonchev–Trinajstić information content (AvgIpc) is 2.25. The molecule has 1 aliphatic rings. The predicted octanol–water partition coefficient (Wildman–Crippen LogP) is 0.959. The number of anilines is 1. The number of benzene rings is 1. The third-order valence-electron chi connectivity index (χ3n) is 1.92. The molecule has 2 rings (SSSR count). The van der Waals surface area contributed by atoms with Gasteiger partial charge in [-0.3, -0.25) is 10.9 Å². The van der Waals surface area contributed by atoms with Gasteiger partial charge in [0.15, 0.2) is 5.72 Å². The Morgan fingerprint density at radius 3 is 2.83 bits per heavy atom. The first-order valence-electron chi connectivity index (χ1n) is 3.68. The third kappa shape index (κ3) is 0.896. The van der Waals surface area contributed by atoms with Gasteiger partial charge in [0.25, 0.3) is 0 Å². The van der Waals surface area contributed by atoms with E-state index < -0.39 is 5.72 Å². The van der Waals surface area contributed by atoms with Crippen LogP contribution in [-0.4, -0.2) is 5.21 Å². The normalized spacial score (nSPS) is 27.4. The summed E-state index contributed by atoms with van der Waals surface area (Å²) in [7, 11) is 0. The smallest absolute Gasteiger partial charge is 0.172 e. The molecule has 0 aliphatic carbocycles. The van der Waals surface area contributed by atoms with Crippen LogP contribution in [-0.2, 0) is 10.6 Å². The summed E-state index contributed by atoms with van der Waals surface area (Å²) in [6.07, 6.45) is 0.